The summed E-state index contributed by atoms with van der Waals surface area (Å²) < 4.78 is 5.65. The van der Waals surface area contributed by atoms with Gasteiger partial charge in [0.1, 0.15) is 11.9 Å². The highest BCUT2D eigenvalue weighted by Crippen LogP contribution is 2.30. The molecule has 1 aliphatic heterocycles. The fourth-order valence-electron chi connectivity index (χ4n) is 2.56. The molecule has 104 valence electrons. The van der Waals surface area contributed by atoms with E-state index in [1.54, 1.807) is 0 Å². The number of carbonyl (C=O) groups is 1. The van der Waals surface area contributed by atoms with Gasteiger partial charge in [-0.3, -0.25) is 4.79 Å². The number of aromatic amines is 1. The zero-order valence-corrected chi connectivity index (χ0v) is 11.7. The van der Waals surface area contributed by atoms with Crippen LogP contribution < -0.4 is 10.1 Å². The minimum atomic E-state index is -0.00378. The van der Waals surface area contributed by atoms with Crippen molar-refractivity contribution in [1.82, 2.24) is 4.98 Å². The van der Waals surface area contributed by atoms with E-state index in [-0.39, 0.29) is 12.0 Å². The van der Waals surface area contributed by atoms with Crippen molar-refractivity contribution in [2.24, 2.45) is 0 Å². The van der Waals surface area contributed by atoms with E-state index in [1.807, 2.05) is 44.3 Å². The molecule has 4 heteroatoms. The van der Waals surface area contributed by atoms with Gasteiger partial charge in [0.2, 0.25) is 5.91 Å². The maximum atomic E-state index is 12.0. The monoisotopic (exact) mass is 270 g/mol. The molecule has 3 rings (SSSR count). The number of ether oxygens (including phenoxy) is 1. The van der Waals surface area contributed by atoms with Gasteiger partial charge >= 0.3 is 0 Å². The lowest BCUT2D eigenvalue weighted by Gasteiger charge is -2.06. The number of rotatable bonds is 3. The Morgan fingerprint density at radius 2 is 2.30 bits per heavy atom. The number of aryl methyl sites for hydroxylation is 1. The van der Waals surface area contributed by atoms with Gasteiger partial charge < -0.3 is 15.0 Å². The standard InChI is InChI=1S/C16H18N2O2/c1-10-5-12(9-17-10)7-16(19)18-14-3-4-15-13(8-14)6-11(2)20-15/h3-5,8-9,11,17H,6-7H2,1-2H3,(H,18,19). The van der Waals surface area contributed by atoms with E-state index >= 15 is 0 Å². The predicted octanol–water partition coefficient (Wildman–Crippen LogP) is 2.83. The van der Waals surface area contributed by atoms with Gasteiger partial charge in [-0.25, -0.2) is 0 Å². The molecule has 0 radical (unpaired) electrons. The fraction of sp³-hybridized carbons (Fsp3) is 0.312. The first-order chi connectivity index (χ1) is 9.60. The predicted molar refractivity (Wildman–Crippen MR) is 78.1 cm³/mol. The van der Waals surface area contributed by atoms with E-state index in [0.29, 0.717) is 6.42 Å². The van der Waals surface area contributed by atoms with E-state index < -0.39 is 0 Å². The van der Waals surface area contributed by atoms with Crippen molar-refractivity contribution in [3.8, 4) is 5.75 Å². The molecule has 0 bridgehead atoms. The van der Waals surface area contributed by atoms with Gasteiger partial charge in [-0.2, -0.15) is 0 Å². The lowest BCUT2D eigenvalue weighted by molar-refractivity contribution is -0.115. The van der Waals surface area contributed by atoms with Crippen LogP contribution in [0.25, 0.3) is 0 Å². The van der Waals surface area contributed by atoms with E-state index in [9.17, 15) is 4.79 Å². The molecule has 4 nitrogen and oxygen atoms in total. The van der Waals surface area contributed by atoms with Gasteiger partial charge in [0.25, 0.3) is 0 Å². The highest BCUT2D eigenvalue weighted by atomic mass is 16.5. The van der Waals surface area contributed by atoms with Gasteiger partial charge in [-0.1, -0.05) is 0 Å². The topological polar surface area (TPSA) is 54.1 Å². The first-order valence-corrected chi connectivity index (χ1v) is 6.83. The molecule has 1 unspecified atom stereocenters. The SMILES string of the molecule is Cc1cc(CC(=O)Nc2ccc3c(c2)CC(C)O3)c[nH]1. The number of nitrogens with one attached hydrogen (secondary N) is 2. The Kier molecular flexibility index (Phi) is 3.22. The molecule has 0 fully saturated rings. The Hall–Kier alpha value is -2.23. The number of benzene rings is 1. The summed E-state index contributed by atoms with van der Waals surface area (Å²) in [6, 6.07) is 7.79. The second kappa shape index (κ2) is 5.04. The molecule has 0 saturated carbocycles. The average Bonchev–Trinajstić information content (AvgIpc) is 2.93. The van der Waals surface area contributed by atoms with E-state index in [2.05, 4.69) is 10.3 Å². The van der Waals surface area contributed by atoms with Crippen LogP contribution >= 0.6 is 0 Å². The first kappa shape index (κ1) is 12.8. The number of hydrogen-bond donors (Lipinski definition) is 2. The van der Waals surface area contributed by atoms with Gasteiger partial charge in [0.15, 0.2) is 0 Å². The number of hydrogen-bond acceptors (Lipinski definition) is 2. The molecular weight excluding hydrogens is 252 g/mol. The zero-order valence-electron chi connectivity index (χ0n) is 11.7. The van der Waals surface area contributed by atoms with E-state index in [1.165, 1.54) is 0 Å². The Morgan fingerprint density at radius 3 is 3.05 bits per heavy atom. The summed E-state index contributed by atoms with van der Waals surface area (Å²) in [5.41, 5.74) is 4.06. The molecule has 2 aromatic rings. The van der Waals surface area contributed by atoms with Crippen molar-refractivity contribution < 1.29 is 9.53 Å². The molecule has 1 aliphatic rings. The zero-order chi connectivity index (χ0) is 14.1. The van der Waals surface area contributed by atoms with Crippen LogP contribution in [0.3, 0.4) is 0 Å². The van der Waals surface area contributed by atoms with E-state index in [0.717, 1.165) is 34.7 Å². The fourth-order valence-corrected chi connectivity index (χ4v) is 2.56. The summed E-state index contributed by atoms with van der Waals surface area (Å²) in [6.07, 6.45) is 3.37. The number of amides is 1. The number of anilines is 1. The van der Waals surface area contributed by atoms with Crippen LogP contribution in [0.2, 0.25) is 0 Å². The minimum Gasteiger partial charge on any atom is -0.490 e. The molecule has 0 aliphatic carbocycles. The summed E-state index contributed by atoms with van der Waals surface area (Å²) in [6.45, 7) is 4.02. The molecule has 20 heavy (non-hydrogen) atoms. The number of H-pyrrole nitrogens is 1. The summed E-state index contributed by atoms with van der Waals surface area (Å²) in [5.74, 6) is 0.924. The van der Waals surface area contributed by atoms with Gasteiger partial charge in [-0.05, 0) is 49.2 Å². The lowest BCUT2D eigenvalue weighted by Crippen LogP contribution is -2.14. The Labute approximate surface area is 118 Å². The Balaban J connectivity index is 1.66. The average molecular weight is 270 g/mol. The first-order valence-electron chi connectivity index (χ1n) is 6.83. The number of fused-ring (bicyclic) bond motifs is 1. The highest BCUT2D eigenvalue weighted by molar-refractivity contribution is 5.92. The summed E-state index contributed by atoms with van der Waals surface area (Å²) in [4.78, 5) is 15.1. The van der Waals surface area contributed by atoms with Crippen LogP contribution in [0.1, 0.15) is 23.7 Å². The Bertz CT molecular complexity index is 646. The molecule has 0 saturated heterocycles. The van der Waals surface area contributed by atoms with Crippen molar-refractivity contribution in [1.29, 1.82) is 0 Å². The maximum Gasteiger partial charge on any atom is 0.228 e. The third-order valence-corrected chi connectivity index (χ3v) is 3.43. The quantitative estimate of drug-likeness (QED) is 0.901. The van der Waals surface area contributed by atoms with Crippen LogP contribution in [0.5, 0.6) is 5.75 Å². The molecule has 1 aromatic carbocycles. The van der Waals surface area contributed by atoms with Gasteiger partial charge in [0.05, 0.1) is 6.42 Å². The van der Waals surface area contributed by atoms with Crippen molar-refractivity contribution in [2.45, 2.75) is 32.8 Å². The number of carbonyl (C=O) groups excluding carboxylic acids is 1. The second-order valence-electron chi connectivity index (χ2n) is 5.37. The third kappa shape index (κ3) is 2.69. The normalized spacial score (nSPS) is 16.6. The molecule has 2 heterocycles. The molecule has 1 amide bonds. The lowest BCUT2D eigenvalue weighted by atomic mass is 10.1. The maximum absolute atomic E-state index is 12.0. The number of aromatic nitrogens is 1. The molecular formula is C16H18N2O2. The molecule has 1 aromatic heterocycles. The summed E-state index contributed by atoms with van der Waals surface area (Å²) >= 11 is 0. The van der Waals surface area contributed by atoms with E-state index in [4.69, 9.17) is 4.74 Å². The van der Waals surface area contributed by atoms with Crippen molar-refractivity contribution in [2.75, 3.05) is 5.32 Å². The molecule has 0 spiro atoms. The third-order valence-electron chi connectivity index (χ3n) is 3.43. The molecule has 1 atom stereocenters. The van der Waals surface area contributed by atoms with Crippen molar-refractivity contribution in [3.05, 3.63) is 47.3 Å². The van der Waals surface area contributed by atoms with Crippen molar-refractivity contribution in [3.63, 3.8) is 0 Å². The Morgan fingerprint density at radius 1 is 1.45 bits per heavy atom. The smallest absolute Gasteiger partial charge is 0.228 e. The van der Waals surface area contributed by atoms with Crippen LogP contribution in [0.15, 0.2) is 30.5 Å². The van der Waals surface area contributed by atoms with Gasteiger partial charge in [0, 0.05) is 24.0 Å². The summed E-state index contributed by atoms with van der Waals surface area (Å²) in [5, 5.41) is 2.94. The van der Waals surface area contributed by atoms with Crippen LogP contribution in [-0.2, 0) is 17.6 Å². The van der Waals surface area contributed by atoms with Gasteiger partial charge in [-0.15, -0.1) is 0 Å². The minimum absolute atomic E-state index is 0.00378. The second-order valence-corrected chi connectivity index (χ2v) is 5.37. The van der Waals surface area contributed by atoms with Crippen molar-refractivity contribution >= 4 is 11.6 Å². The highest BCUT2D eigenvalue weighted by Gasteiger charge is 2.19. The van der Waals surface area contributed by atoms with Crippen LogP contribution in [0.4, 0.5) is 5.69 Å². The molecule has 2 N–H and O–H groups in total. The van der Waals surface area contributed by atoms with Crippen LogP contribution in [-0.4, -0.2) is 17.0 Å². The largest absolute Gasteiger partial charge is 0.490 e. The summed E-state index contributed by atoms with van der Waals surface area (Å²) in [7, 11) is 0. The van der Waals surface area contributed by atoms with Crippen LogP contribution in [0, 0.1) is 6.92 Å².